The fraction of sp³-hybridized carbons (Fsp3) is 0.107. The van der Waals surface area contributed by atoms with Gasteiger partial charge in [0.25, 0.3) is 0 Å². The Morgan fingerprint density at radius 1 is 0.788 bits per heavy atom. The second-order valence-electron chi connectivity index (χ2n) is 8.35. The first-order chi connectivity index (χ1) is 16.2. The predicted molar refractivity (Wildman–Crippen MR) is 124 cm³/mol. The van der Waals surface area contributed by atoms with Gasteiger partial charge in [0.05, 0.1) is 11.3 Å². The zero-order chi connectivity index (χ0) is 22.5. The van der Waals surface area contributed by atoms with Crippen LogP contribution in [-0.4, -0.2) is 35.3 Å². The molecule has 3 aromatic rings. The molecule has 0 amide bonds. The van der Waals surface area contributed by atoms with E-state index in [0.717, 1.165) is 5.56 Å². The molecule has 0 bridgehead atoms. The van der Waals surface area contributed by atoms with Crippen molar-refractivity contribution in [3.63, 3.8) is 0 Å². The van der Waals surface area contributed by atoms with Crippen LogP contribution in [-0.2, 0) is 0 Å². The number of ketones is 3. The Bertz CT molecular complexity index is 1390. The number of fused-ring (bicyclic) bond motifs is 3. The van der Waals surface area contributed by atoms with Gasteiger partial charge in [0.15, 0.2) is 11.6 Å². The summed E-state index contributed by atoms with van der Waals surface area (Å²) in [5.74, 6) is -0.538. The first-order valence-electron chi connectivity index (χ1n) is 11.0. The van der Waals surface area contributed by atoms with Gasteiger partial charge in [-0.2, -0.15) is 0 Å². The Morgan fingerprint density at radius 3 is 2.09 bits per heavy atom. The number of carbonyl (C=O) groups excluding carboxylic acids is 3. The molecule has 0 saturated carbocycles. The molecule has 1 N–H and O–H groups in total. The van der Waals surface area contributed by atoms with E-state index < -0.39 is 5.92 Å². The van der Waals surface area contributed by atoms with Gasteiger partial charge in [-0.3, -0.25) is 14.4 Å². The number of carbonyl (C=O) groups is 3. The maximum atomic E-state index is 13.9. The second kappa shape index (κ2) is 7.41. The molecule has 1 fully saturated rings. The lowest BCUT2D eigenvalue weighted by Crippen LogP contribution is -2.40. The topological polar surface area (TPSA) is 66.5 Å². The Labute approximate surface area is 191 Å². The molecule has 160 valence electrons. The lowest BCUT2D eigenvalue weighted by Gasteiger charge is -2.38. The van der Waals surface area contributed by atoms with Gasteiger partial charge < -0.3 is 10.2 Å². The van der Waals surface area contributed by atoms with Crippen LogP contribution in [0.4, 0.5) is 0 Å². The Kier molecular flexibility index (Phi) is 4.37. The lowest BCUT2D eigenvalue weighted by molar-refractivity contribution is 0.0936. The normalized spacial score (nSPS) is 19.2. The molecule has 1 unspecified atom stereocenters. The predicted octanol–water partition coefficient (Wildman–Crippen LogP) is 4.12. The zero-order valence-corrected chi connectivity index (χ0v) is 17.7. The van der Waals surface area contributed by atoms with Crippen molar-refractivity contribution < 1.29 is 14.4 Å². The summed E-state index contributed by atoms with van der Waals surface area (Å²) in [6, 6.07) is 25.5. The largest absolute Gasteiger partial charge is 0.369 e. The third-order valence-electron chi connectivity index (χ3n) is 6.54. The van der Waals surface area contributed by atoms with E-state index in [0.29, 0.717) is 52.4 Å². The molecule has 2 aliphatic heterocycles. The van der Waals surface area contributed by atoms with Crippen LogP contribution in [0.3, 0.4) is 0 Å². The van der Waals surface area contributed by atoms with Gasteiger partial charge in [-0.15, -0.1) is 0 Å². The van der Waals surface area contributed by atoms with Gasteiger partial charge in [0, 0.05) is 41.3 Å². The molecule has 6 rings (SSSR count). The molecule has 33 heavy (non-hydrogen) atoms. The van der Waals surface area contributed by atoms with Crippen molar-refractivity contribution in [2.75, 3.05) is 13.1 Å². The molecule has 0 aromatic heterocycles. The zero-order valence-electron chi connectivity index (χ0n) is 17.7. The maximum absolute atomic E-state index is 13.9. The molecule has 5 heteroatoms. The molecule has 1 aliphatic carbocycles. The van der Waals surface area contributed by atoms with Crippen LogP contribution in [0.5, 0.6) is 0 Å². The maximum Gasteiger partial charge on any atom is 0.210 e. The van der Waals surface area contributed by atoms with Crippen molar-refractivity contribution in [2.24, 2.45) is 0 Å². The second-order valence-corrected chi connectivity index (χ2v) is 8.35. The van der Waals surface area contributed by atoms with Crippen molar-refractivity contribution in [2.45, 2.75) is 5.92 Å². The van der Waals surface area contributed by atoms with E-state index in [1.54, 1.807) is 36.4 Å². The van der Waals surface area contributed by atoms with E-state index in [2.05, 4.69) is 5.32 Å². The van der Waals surface area contributed by atoms with E-state index >= 15 is 0 Å². The van der Waals surface area contributed by atoms with Crippen LogP contribution in [0.1, 0.15) is 42.6 Å². The highest BCUT2D eigenvalue weighted by atomic mass is 16.1. The molecule has 1 saturated heterocycles. The molecule has 0 spiro atoms. The quantitative estimate of drug-likeness (QED) is 0.631. The van der Waals surface area contributed by atoms with Crippen LogP contribution in [0.25, 0.3) is 0 Å². The first-order valence-corrected chi connectivity index (χ1v) is 11.0. The number of benzene rings is 3. The average Bonchev–Trinajstić information content (AvgIpc) is 3.36. The minimum Gasteiger partial charge on any atom is -0.369 e. The van der Waals surface area contributed by atoms with E-state index in [1.165, 1.54) is 0 Å². The Balaban J connectivity index is 1.64. The minimum absolute atomic E-state index is 0.149. The molecular weight excluding hydrogens is 412 g/mol. The van der Waals surface area contributed by atoms with Gasteiger partial charge in [-0.1, -0.05) is 84.9 Å². The highest BCUT2D eigenvalue weighted by Crippen LogP contribution is 2.47. The van der Waals surface area contributed by atoms with Crippen molar-refractivity contribution in [1.82, 2.24) is 10.2 Å². The molecule has 0 radical (unpaired) electrons. The van der Waals surface area contributed by atoms with E-state index in [4.69, 9.17) is 0 Å². The summed E-state index contributed by atoms with van der Waals surface area (Å²) in [4.78, 5) is 43.3. The molecule has 3 aliphatic rings. The number of rotatable bonds is 3. The van der Waals surface area contributed by atoms with Gasteiger partial charge in [-0.05, 0) is 5.56 Å². The summed E-state index contributed by atoms with van der Waals surface area (Å²) in [7, 11) is 0. The summed E-state index contributed by atoms with van der Waals surface area (Å²) in [6.45, 7) is 1.10. The monoisotopic (exact) mass is 432 g/mol. The van der Waals surface area contributed by atoms with Crippen molar-refractivity contribution in [3.05, 3.63) is 130 Å². The van der Waals surface area contributed by atoms with Gasteiger partial charge >= 0.3 is 0 Å². The summed E-state index contributed by atoms with van der Waals surface area (Å²) >= 11 is 0. The summed E-state index contributed by atoms with van der Waals surface area (Å²) in [5.41, 5.74) is 3.44. The summed E-state index contributed by atoms with van der Waals surface area (Å²) < 4.78 is 0. The number of Topliss-reactive ketones (excluding diaryl/α,β-unsaturated/α-hetero) is 3. The highest BCUT2D eigenvalue weighted by Gasteiger charge is 2.48. The number of hydrogen-bond donors (Lipinski definition) is 1. The Morgan fingerprint density at radius 2 is 1.39 bits per heavy atom. The molecule has 2 heterocycles. The van der Waals surface area contributed by atoms with E-state index in [-0.39, 0.29) is 17.3 Å². The standard InChI is InChI=1S/C28H20N2O3/c31-25(18-11-5-2-6-12-18)23-21(17-9-3-1-4-10-17)22-24(30-16-15-29-28(23)30)27(33)20-14-8-7-13-19(20)26(22)32/h1-14,21,29H,15-16H2. The molecular formula is C28H20N2O3. The van der Waals surface area contributed by atoms with Crippen molar-refractivity contribution >= 4 is 17.3 Å². The number of hydrogen-bond acceptors (Lipinski definition) is 5. The van der Waals surface area contributed by atoms with Crippen LogP contribution in [0.2, 0.25) is 0 Å². The van der Waals surface area contributed by atoms with Crippen LogP contribution in [0.15, 0.2) is 108 Å². The van der Waals surface area contributed by atoms with E-state index in [9.17, 15) is 14.4 Å². The fourth-order valence-electron chi connectivity index (χ4n) is 5.12. The number of allylic oxidation sites excluding steroid dienone is 3. The van der Waals surface area contributed by atoms with Crippen molar-refractivity contribution in [1.29, 1.82) is 0 Å². The summed E-state index contributed by atoms with van der Waals surface area (Å²) in [6.07, 6.45) is 0. The first kappa shape index (κ1) is 19.4. The smallest absolute Gasteiger partial charge is 0.210 e. The fourth-order valence-corrected chi connectivity index (χ4v) is 5.12. The van der Waals surface area contributed by atoms with E-state index in [1.807, 2.05) is 53.4 Å². The van der Waals surface area contributed by atoms with Gasteiger partial charge in [0.1, 0.15) is 5.82 Å². The van der Waals surface area contributed by atoms with Crippen molar-refractivity contribution in [3.8, 4) is 0 Å². The lowest BCUT2D eigenvalue weighted by atomic mass is 9.72. The van der Waals surface area contributed by atoms with Crippen LogP contribution >= 0.6 is 0 Å². The molecule has 5 nitrogen and oxygen atoms in total. The molecule has 1 atom stereocenters. The van der Waals surface area contributed by atoms with Gasteiger partial charge in [0.2, 0.25) is 5.78 Å². The Hall–Kier alpha value is -4.25. The third kappa shape index (κ3) is 2.82. The highest BCUT2D eigenvalue weighted by molar-refractivity contribution is 6.28. The number of nitrogens with zero attached hydrogens (tertiary/aromatic N) is 1. The minimum atomic E-state index is -0.643. The van der Waals surface area contributed by atoms with Gasteiger partial charge in [-0.25, -0.2) is 0 Å². The number of nitrogens with one attached hydrogen (secondary N) is 1. The SMILES string of the molecule is O=C(C1=C2NCCN2C2=C(C(=O)c3ccccc3C2=O)C1c1ccccc1)c1ccccc1. The summed E-state index contributed by atoms with van der Waals surface area (Å²) in [5, 5.41) is 3.34. The van der Waals surface area contributed by atoms with Crippen LogP contribution < -0.4 is 5.32 Å². The average molecular weight is 432 g/mol. The van der Waals surface area contributed by atoms with Crippen LogP contribution in [0, 0.1) is 0 Å². The third-order valence-corrected chi connectivity index (χ3v) is 6.54. The molecule has 3 aromatic carbocycles.